The molecule has 0 saturated carbocycles. The third-order valence-electron chi connectivity index (χ3n) is 3.15. The first kappa shape index (κ1) is 15.4. The van der Waals surface area contributed by atoms with Crippen molar-refractivity contribution in [1.82, 2.24) is 0 Å². The Hall–Kier alpha value is -2.01. The van der Waals surface area contributed by atoms with Gasteiger partial charge in [0.1, 0.15) is 5.69 Å². The van der Waals surface area contributed by atoms with Crippen molar-refractivity contribution >= 4 is 23.1 Å². The molecule has 2 aromatic carbocycles. The van der Waals surface area contributed by atoms with Crippen LogP contribution in [-0.2, 0) is 11.5 Å². The van der Waals surface area contributed by atoms with Gasteiger partial charge in [0.05, 0.1) is 4.92 Å². The van der Waals surface area contributed by atoms with E-state index < -0.39 is 0 Å². The number of nitro groups is 1. The molecule has 0 bridgehead atoms. The third-order valence-corrected chi connectivity index (χ3v) is 4.22. The van der Waals surface area contributed by atoms with E-state index in [-0.39, 0.29) is 10.6 Å². The Labute approximate surface area is 128 Å². The Bertz CT molecular complexity index is 644. The smallest absolute Gasteiger partial charge is 0.292 e. The van der Waals surface area contributed by atoms with Crippen LogP contribution in [0, 0.1) is 17.0 Å². The average molecular weight is 302 g/mol. The van der Waals surface area contributed by atoms with Crippen LogP contribution in [0.15, 0.2) is 42.5 Å². The summed E-state index contributed by atoms with van der Waals surface area (Å²) in [6.45, 7) is 2.09. The Balaban J connectivity index is 1.99. The number of hydrogen-bond donors (Lipinski definition) is 1. The van der Waals surface area contributed by atoms with Crippen molar-refractivity contribution in [3.63, 3.8) is 0 Å². The van der Waals surface area contributed by atoms with E-state index in [1.807, 2.05) is 12.1 Å². The van der Waals surface area contributed by atoms with E-state index in [9.17, 15) is 10.1 Å². The molecule has 0 aliphatic rings. The van der Waals surface area contributed by atoms with Gasteiger partial charge >= 0.3 is 0 Å². The molecule has 0 unspecified atom stereocenters. The van der Waals surface area contributed by atoms with Gasteiger partial charge in [0.25, 0.3) is 5.69 Å². The molecule has 0 aromatic heterocycles. The Kier molecular flexibility index (Phi) is 5.22. The molecule has 0 fully saturated rings. The number of rotatable bonds is 6. The fourth-order valence-electron chi connectivity index (χ4n) is 2.12. The molecule has 0 atom stereocenters. The molecule has 110 valence electrons. The normalized spacial score (nSPS) is 10.4. The number of aryl methyl sites for hydroxylation is 1. The lowest BCUT2D eigenvalue weighted by molar-refractivity contribution is -0.383. The Morgan fingerprint density at radius 2 is 1.86 bits per heavy atom. The van der Waals surface area contributed by atoms with Gasteiger partial charge in [0.2, 0.25) is 0 Å². The van der Waals surface area contributed by atoms with Crippen molar-refractivity contribution < 1.29 is 4.92 Å². The van der Waals surface area contributed by atoms with E-state index in [2.05, 4.69) is 36.5 Å². The first-order valence-corrected chi connectivity index (χ1v) is 7.84. The van der Waals surface area contributed by atoms with Gasteiger partial charge in [-0.2, -0.15) is 11.8 Å². The molecule has 2 aromatic rings. The lowest BCUT2D eigenvalue weighted by atomic mass is 10.2. The molecular weight excluding hydrogens is 284 g/mol. The molecule has 2 rings (SSSR count). The molecule has 0 radical (unpaired) electrons. The van der Waals surface area contributed by atoms with Crippen molar-refractivity contribution in [1.29, 1.82) is 0 Å². The van der Waals surface area contributed by atoms with E-state index in [0.717, 1.165) is 17.1 Å². The Morgan fingerprint density at radius 1 is 1.14 bits per heavy atom. The van der Waals surface area contributed by atoms with Gasteiger partial charge in [-0.3, -0.25) is 10.1 Å². The van der Waals surface area contributed by atoms with Crippen molar-refractivity contribution in [2.45, 2.75) is 18.4 Å². The summed E-state index contributed by atoms with van der Waals surface area (Å²) in [6.07, 6.45) is 0. The molecule has 0 spiro atoms. The van der Waals surface area contributed by atoms with Crippen LogP contribution in [0.2, 0.25) is 0 Å². The fraction of sp³-hybridized carbons (Fsp3) is 0.250. The van der Waals surface area contributed by atoms with Crippen molar-refractivity contribution in [3.05, 3.63) is 69.3 Å². The molecule has 0 aliphatic heterocycles. The summed E-state index contributed by atoms with van der Waals surface area (Å²) < 4.78 is 0. The number of thioether (sulfide) groups is 1. The van der Waals surface area contributed by atoms with Crippen molar-refractivity contribution in [3.8, 4) is 0 Å². The van der Waals surface area contributed by atoms with Gasteiger partial charge in [0, 0.05) is 24.6 Å². The second-order valence-electron chi connectivity index (χ2n) is 4.84. The van der Waals surface area contributed by atoms with Crippen LogP contribution in [-0.4, -0.2) is 12.0 Å². The molecule has 4 nitrogen and oxygen atoms in total. The minimum atomic E-state index is -0.366. The number of nitrogens with one attached hydrogen (secondary N) is 1. The van der Waals surface area contributed by atoms with Gasteiger partial charge in [-0.05, 0) is 24.1 Å². The Morgan fingerprint density at radius 3 is 2.48 bits per heavy atom. The minimum absolute atomic E-state index is 0.116. The zero-order valence-electron chi connectivity index (χ0n) is 12.1. The average Bonchev–Trinajstić information content (AvgIpc) is 2.47. The number of anilines is 1. The molecule has 0 heterocycles. The summed E-state index contributed by atoms with van der Waals surface area (Å²) >= 11 is 1.80. The van der Waals surface area contributed by atoms with Crippen LogP contribution in [0.5, 0.6) is 0 Å². The summed E-state index contributed by atoms with van der Waals surface area (Å²) in [5.41, 5.74) is 4.33. The molecule has 5 heteroatoms. The highest BCUT2D eigenvalue weighted by Crippen LogP contribution is 2.27. The van der Waals surface area contributed by atoms with Gasteiger partial charge in [-0.25, -0.2) is 0 Å². The van der Waals surface area contributed by atoms with Crippen LogP contribution in [0.4, 0.5) is 11.4 Å². The largest absolute Gasteiger partial charge is 0.383 e. The minimum Gasteiger partial charge on any atom is -0.383 e. The molecule has 1 N–H and O–H groups in total. The number of nitro benzene ring substituents is 1. The zero-order chi connectivity index (χ0) is 15.2. The SMILES string of the molecule is CNc1cc(CSCc2cccc(C)c2)ccc1[N+](=O)[O-]. The number of nitrogens with zero attached hydrogens (tertiary/aromatic N) is 1. The first-order chi connectivity index (χ1) is 10.1. The maximum absolute atomic E-state index is 10.9. The highest BCUT2D eigenvalue weighted by atomic mass is 32.2. The van der Waals surface area contributed by atoms with Crippen LogP contribution in [0.3, 0.4) is 0 Å². The van der Waals surface area contributed by atoms with Gasteiger partial charge < -0.3 is 5.32 Å². The fourth-order valence-corrected chi connectivity index (χ4v) is 3.05. The third kappa shape index (κ3) is 4.23. The molecule has 0 aliphatic carbocycles. The van der Waals surface area contributed by atoms with E-state index in [4.69, 9.17) is 0 Å². The van der Waals surface area contributed by atoms with E-state index in [0.29, 0.717) is 5.69 Å². The van der Waals surface area contributed by atoms with Gasteiger partial charge in [0.15, 0.2) is 0 Å². The van der Waals surface area contributed by atoms with E-state index in [1.165, 1.54) is 11.1 Å². The van der Waals surface area contributed by atoms with Gasteiger partial charge in [-0.1, -0.05) is 35.9 Å². The summed E-state index contributed by atoms with van der Waals surface area (Å²) in [6, 6.07) is 13.7. The number of hydrogen-bond acceptors (Lipinski definition) is 4. The van der Waals surface area contributed by atoms with Crippen LogP contribution in [0.25, 0.3) is 0 Å². The summed E-state index contributed by atoms with van der Waals surface area (Å²) in [5.74, 6) is 1.77. The highest BCUT2D eigenvalue weighted by Gasteiger charge is 2.12. The van der Waals surface area contributed by atoms with Crippen molar-refractivity contribution in [2.24, 2.45) is 0 Å². The van der Waals surface area contributed by atoms with Crippen LogP contribution in [0.1, 0.15) is 16.7 Å². The predicted molar refractivity (Wildman–Crippen MR) is 88.8 cm³/mol. The maximum atomic E-state index is 10.9. The second-order valence-corrected chi connectivity index (χ2v) is 5.83. The lowest BCUT2D eigenvalue weighted by Gasteiger charge is -2.06. The monoisotopic (exact) mass is 302 g/mol. The van der Waals surface area contributed by atoms with E-state index in [1.54, 1.807) is 24.9 Å². The molecule has 21 heavy (non-hydrogen) atoms. The van der Waals surface area contributed by atoms with Crippen molar-refractivity contribution in [2.75, 3.05) is 12.4 Å². The lowest BCUT2D eigenvalue weighted by Crippen LogP contribution is -1.97. The summed E-state index contributed by atoms with van der Waals surface area (Å²) in [7, 11) is 1.70. The standard InChI is InChI=1S/C16H18N2O2S/c1-12-4-3-5-13(8-12)10-21-11-14-6-7-16(18(19)20)15(9-14)17-2/h3-9,17H,10-11H2,1-2H3. The first-order valence-electron chi connectivity index (χ1n) is 6.68. The molecular formula is C16H18N2O2S. The topological polar surface area (TPSA) is 55.2 Å². The predicted octanol–water partition coefficient (Wildman–Crippen LogP) is 4.38. The maximum Gasteiger partial charge on any atom is 0.292 e. The van der Waals surface area contributed by atoms with Gasteiger partial charge in [-0.15, -0.1) is 0 Å². The highest BCUT2D eigenvalue weighted by molar-refractivity contribution is 7.97. The zero-order valence-corrected chi connectivity index (χ0v) is 12.9. The molecule has 0 saturated heterocycles. The molecule has 0 amide bonds. The quantitative estimate of drug-likeness (QED) is 0.635. The van der Waals surface area contributed by atoms with Crippen LogP contribution >= 0.6 is 11.8 Å². The summed E-state index contributed by atoms with van der Waals surface area (Å²) in [4.78, 5) is 10.5. The van der Waals surface area contributed by atoms with E-state index >= 15 is 0 Å². The second kappa shape index (κ2) is 7.13. The van der Waals surface area contributed by atoms with Crippen LogP contribution < -0.4 is 5.32 Å². The summed E-state index contributed by atoms with van der Waals surface area (Å²) in [5, 5.41) is 13.8. The number of benzene rings is 2.